The van der Waals surface area contributed by atoms with Crippen LogP contribution in [0.4, 0.5) is 23.7 Å². The highest BCUT2D eigenvalue weighted by Gasteiger charge is 2.35. The maximum Gasteiger partial charge on any atom is 0.416 e. The lowest BCUT2D eigenvalue weighted by Crippen LogP contribution is -2.52. The van der Waals surface area contributed by atoms with E-state index in [1.54, 1.807) is 43.3 Å². The molecule has 6 rings (SSSR count). The van der Waals surface area contributed by atoms with Gasteiger partial charge in [0.05, 0.1) is 72.7 Å². The molecule has 5 aromatic rings. The Kier molecular flexibility index (Phi) is 11.7. The summed E-state index contributed by atoms with van der Waals surface area (Å²) >= 11 is 0. The molecule has 1 fully saturated rings. The zero-order valence-electron chi connectivity index (χ0n) is 30.1. The van der Waals surface area contributed by atoms with Gasteiger partial charge in [0.15, 0.2) is 5.69 Å². The number of aromatic nitrogens is 4. The van der Waals surface area contributed by atoms with Crippen molar-refractivity contribution in [1.82, 2.24) is 24.2 Å². The summed E-state index contributed by atoms with van der Waals surface area (Å²) in [4.78, 5) is 31.2. The van der Waals surface area contributed by atoms with E-state index in [2.05, 4.69) is 36.3 Å². The van der Waals surface area contributed by atoms with Crippen molar-refractivity contribution in [3.63, 3.8) is 0 Å². The zero-order valence-corrected chi connectivity index (χ0v) is 30.9. The van der Waals surface area contributed by atoms with E-state index in [0.717, 1.165) is 58.0 Å². The molecule has 0 atom stereocenters. The Labute approximate surface area is 311 Å². The molecule has 1 saturated carbocycles. The second-order valence-corrected chi connectivity index (χ2v) is 14.9. The second kappa shape index (κ2) is 15.8. The minimum Gasteiger partial charge on any atom is -0.744 e. The van der Waals surface area contributed by atoms with E-state index in [1.165, 1.54) is 47.3 Å². The number of amides is 1. The fourth-order valence-corrected chi connectivity index (χ4v) is 7.07. The van der Waals surface area contributed by atoms with Crippen molar-refractivity contribution >= 4 is 21.8 Å². The highest BCUT2D eigenvalue weighted by Crippen LogP contribution is 2.33. The van der Waals surface area contributed by atoms with Gasteiger partial charge in [0.2, 0.25) is 0 Å². The first-order valence-corrected chi connectivity index (χ1v) is 18.6. The summed E-state index contributed by atoms with van der Waals surface area (Å²) in [6.07, 6.45) is 0.245. The molecule has 16 heteroatoms. The predicted octanol–water partition coefficient (Wildman–Crippen LogP) is 6.93. The Hall–Kier alpha value is -5.50. The van der Waals surface area contributed by atoms with Gasteiger partial charge in [0, 0.05) is 18.9 Å². The topological polar surface area (TPSA) is 135 Å². The minimum atomic E-state index is -4.61. The van der Waals surface area contributed by atoms with Crippen LogP contribution in [0.15, 0.2) is 101 Å². The van der Waals surface area contributed by atoms with E-state index in [-0.39, 0.29) is 28.0 Å². The predicted molar refractivity (Wildman–Crippen MR) is 196 cm³/mol. The van der Waals surface area contributed by atoms with Crippen molar-refractivity contribution in [3.05, 3.63) is 124 Å². The maximum atomic E-state index is 14.0. The van der Waals surface area contributed by atoms with E-state index in [0.29, 0.717) is 23.1 Å². The smallest absolute Gasteiger partial charge is 0.416 e. The SMILES string of the molecule is O=S(=O)([O-])c1ccccc1.[C-]#[N+]c1ccc(-n2nccc2-c2c(C)n(-c3cccc(C(F)(F)F)c3)c(=O)n2C(=O)NC2CCC([N+](C)(C)CC)CC2)cc1. The van der Waals surface area contributed by atoms with Gasteiger partial charge >= 0.3 is 17.9 Å². The number of nitrogens with zero attached hydrogens (tertiary/aromatic N) is 6. The maximum absolute atomic E-state index is 14.0. The Balaban J connectivity index is 0.000000486. The third-order valence-corrected chi connectivity index (χ3v) is 10.7. The molecule has 54 heavy (non-hydrogen) atoms. The molecule has 0 aliphatic heterocycles. The number of benzene rings is 3. The Morgan fingerprint density at radius 2 is 1.63 bits per heavy atom. The van der Waals surface area contributed by atoms with Crippen molar-refractivity contribution in [2.24, 2.45) is 0 Å². The van der Waals surface area contributed by atoms with E-state index in [1.807, 2.05) is 0 Å². The first-order valence-electron chi connectivity index (χ1n) is 17.1. The minimum absolute atomic E-state index is 0.0114. The van der Waals surface area contributed by atoms with Gasteiger partial charge in [-0.3, -0.25) is 4.57 Å². The van der Waals surface area contributed by atoms with Gasteiger partial charge in [-0.15, -0.1) is 0 Å². The molecule has 1 aliphatic carbocycles. The van der Waals surface area contributed by atoms with Crippen LogP contribution < -0.4 is 11.0 Å². The summed E-state index contributed by atoms with van der Waals surface area (Å²) in [6.45, 7) is 12.0. The summed E-state index contributed by atoms with van der Waals surface area (Å²) < 4.78 is 76.2. The third-order valence-electron chi connectivity index (χ3n) is 9.89. The lowest BCUT2D eigenvalue weighted by molar-refractivity contribution is -0.914. The Bertz CT molecular complexity index is 2320. The van der Waals surface area contributed by atoms with Crippen LogP contribution in [-0.2, 0) is 16.3 Å². The molecule has 1 amide bonds. The molecule has 1 aliphatic rings. The lowest BCUT2D eigenvalue weighted by atomic mass is 9.89. The summed E-state index contributed by atoms with van der Waals surface area (Å²) in [6, 6.07) is 19.6. The monoisotopic (exact) mass is 763 g/mol. The van der Waals surface area contributed by atoms with Crippen LogP contribution in [0.1, 0.15) is 43.9 Å². The fourth-order valence-electron chi connectivity index (χ4n) is 6.58. The van der Waals surface area contributed by atoms with Gasteiger partial charge < -0.3 is 14.4 Å². The normalized spacial score (nSPS) is 16.2. The van der Waals surface area contributed by atoms with Gasteiger partial charge in [-0.1, -0.05) is 36.4 Å². The molecular weight excluding hydrogens is 724 g/mol. The van der Waals surface area contributed by atoms with Crippen LogP contribution >= 0.6 is 0 Å². The van der Waals surface area contributed by atoms with Crippen molar-refractivity contribution in [3.8, 4) is 22.8 Å². The summed E-state index contributed by atoms with van der Waals surface area (Å²) in [5, 5.41) is 7.44. The summed E-state index contributed by atoms with van der Waals surface area (Å²) in [5.74, 6) is 0. The molecule has 0 unspecified atom stereocenters. The Morgan fingerprint density at radius 3 is 2.19 bits per heavy atom. The largest absolute Gasteiger partial charge is 0.744 e. The summed E-state index contributed by atoms with van der Waals surface area (Å²) in [7, 11) is 0.150. The quantitative estimate of drug-likeness (QED) is 0.109. The highest BCUT2D eigenvalue weighted by atomic mass is 32.2. The van der Waals surface area contributed by atoms with E-state index in [9.17, 15) is 35.7 Å². The van der Waals surface area contributed by atoms with Gasteiger partial charge in [-0.05, 0) is 75.2 Å². The molecule has 12 nitrogen and oxygen atoms in total. The lowest BCUT2D eigenvalue weighted by Gasteiger charge is -2.41. The molecule has 2 heterocycles. The summed E-state index contributed by atoms with van der Waals surface area (Å²) in [5.41, 5.74) is 0.172. The van der Waals surface area contributed by atoms with Crippen molar-refractivity contribution in [2.45, 2.75) is 62.7 Å². The van der Waals surface area contributed by atoms with E-state index >= 15 is 0 Å². The number of rotatable bonds is 7. The highest BCUT2D eigenvalue weighted by molar-refractivity contribution is 7.85. The van der Waals surface area contributed by atoms with E-state index in [4.69, 9.17) is 6.57 Å². The van der Waals surface area contributed by atoms with Crippen LogP contribution in [0.3, 0.4) is 0 Å². The number of hydrogen-bond donors (Lipinski definition) is 1. The standard InChI is InChI=1S/C32H34F3N7O2.C6H6O3S/c1-6-42(4,5)27-16-12-24(13-17-27)38-30(43)40-29(28-18-19-37-41(28)25-14-10-23(36-3)11-15-25)21(2)39(31(40)44)26-9-7-8-22(20-26)32(33,34)35;7-10(8,9)6-4-2-1-3-5-6/h7-11,14-15,18-20,24,27H,6,12-13,16-17H2,1-2,4-5H3;1-5H,(H,7,8,9). The molecule has 2 aromatic heterocycles. The average Bonchev–Trinajstić information content (AvgIpc) is 3.73. The number of imidazole rings is 1. The number of quaternary nitrogens is 1. The van der Waals surface area contributed by atoms with Crippen LogP contribution in [0.2, 0.25) is 0 Å². The van der Waals surface area contributed by atoms with Gasteiger partial charge in [0.1, 0.15) is 15.8 Å². The number of carbonyl (C=O) groups is 1. The molecule has 0 spiro atoms. The number of halogens is 3. The second-order valence-electron chi connectivity index (χ2n) is 13.5. The molecular formula is C38H40F3N7O5S. The van der Waals surface area contributed by atoms with Gasteiger partial charge in [-0.2, -0.15) is 18.3 Å². The fraction of sp³-hybridized carbons (Fsp3) is 0.316. The van der Waals surface area contributed by atoms with Crippen molar-refractivity contribution in [1.29, 1.82) is 0 Å². The third kappa shape index (κ3) is 8.65. The van der Waals surface area contributed by atoms with Gasteiger partial charge in [0.25, 0.3) is 0 Å². The van der Waals surface area contributed by atoms with Crippen LogP contribution in [-0.4, -0.2) is 75.1 Å². The first kappa shape index (κ1) is 39.7. The average molecular weight is 764 g/mol. The van der Waals surface area contributed by atoms with Crippen LogP contribution in [0.25, 0.3) is 27.6 Å². The molecule has 3 aromatic carbocycles. The molecule has 284 valence electrons. The number of hydrogen-bond acceptors (Lipinski definition) is 6. The van der Waals surface area contributed by atoms with Crippen LogP contribution in [0, 0.1) is 13.5 Å². The molecule has 0 saturated heterocycles. The van der Waals surface area contributed by atoms with E-state index < -0.39 is 33.6 Å². The van der Waals surface area contributed by atoms with Gasteiger partial charge in [-0.25, -0.2) is 32.1 Å². The Morgan fingerprint density at radius 1 is 0.981 bits per heavy atom. The van der Waals surface area contributed by atoms with Crippen molar-refractivity contribution < 1.29 is 35.4 Å². The zero-order chi connectivity index (χ0) is 39.4. The molecule has 1 N–H and O–H groups in total. The first-order chi connectivity index (χ1) is 25.5. The number of carbonyl (C=O) groups excluding carboxylic acids is 1. The van der Waals surface area contributed by atoms with Crippen LogP contribution in [0.5, 0.6) is 0 Å². The molecule has 0 bridgehead atoms. The van der Waals surface area contributed by atoms with Crippen molar-refractivity contribution in [2.75, 3.05) is 20.6 Å². The number of alkyl halides is 3. The number of nitrogens with one attached hydrogen (secondary N) is 1. The molecule has 0 radical (unpaired) electrons.